The largest absolute Gasteiger partial charge is 0.394 e. The van der Waals surface area contributed by atoms with E-state index in [1.807, 2.05) is 13.8 Å². The molecule has 1 aliphatic heterocycles. The highest BCUT2D eigenvalue weighted by atomic mass is 16.5. The first kappa shape index (κ1) is 15.9. The Balaban J connectivity index is 1.85. The Hall–Kier alpha value is -2.03. The van der Waals surface area contributed by atoms with Gasteiger partial charge in [0, 0.05) is 13.0 Å². The van der Waals surface area contributed by atoms with E-state index in [9.17, 15) is 10.2 Å². The van der Waals surface area contributed by atoms with E-state index in [1.54, 1.807) is 10.9 Å². The smallest absolute Gasteiger partial charge is 0.167 e. The molecule has 0 aliphatic carbocycles. The van der Waals surface area contributed by atoms with Gasteiger partial charge in [-0.1, -0.05) is 11.6 Å². The molecule has 3 N–H and O–H groups in total. The van der Waals surface area contributed by atoms with E-state index in [1.165, 1.54) is 11.9 Å². The zero-order chi connectivity index (χ0) is 16.4. The Morgan fingerprint density at radius 3 is 2.96 bits per heavy atom. The second kappa shape index (κ2) is 6.61. The number of hydrogen-bond acceptors (Lipinski definition) is 7. The fourth-order valence-corrected chi connectivity index (χ4v) is 2.59. The van der Waals surface area contributed by atoms with Gasteiger partial charge >= 0.3 is 0 Å². The molecule has 2 aromatic heterocycles. The first-order valence-electron chi connectivity index (χ1n) is 7.59. The number of ether oxygens (including phenoxy) is 1. The minimum absolute atomic E-state index is 0.214. The Bertz CT molecular complexity index is 710. The minimum Gasteiger partial charge on any atom is -0.394 e. The monoisotopic (exact) mass is 319 g/mol. The summed E-state index contributed by atoms with van der Waals surface area (Å²) in [6.45, 7) is 4.51. The molecule has 0 amide bonds. The van der Waals surface area contributed by atoms with Crippen molar-refractivity contribution in [2.45, 2.75) is 38.7 Å². The van der Waals surface area contributed by atoms with Crippen molar-refractivity contribution in [1.82, 2.24) is 19.5 Å². The number of imidazole rings is 1. The van der Waals surface area contributed by atoms with Gasteiger partial charge in [0.1, 0.15) is 18.7 Å². The quantitative estimate of drug-likeness (QED) is 0.701. The fraction of sp³-hybridized carbons (Fsp3) is 0.533. The van der Waals surface area contributed by atoms with Crippen LogP contribution < -0.4 is 5.32 Å². The van der Waals surface area contributed by atoms with Crippen LogP contribution in [-0.2, 0) is 4.74 Å². The van der Waals surface area contributed by atoms with Gasteiger partial charge in [-0.15, -0.1) is 0 Å². The number of nitrogens with zero attached hydrogens (tertiary/aromatic N) is 4. The number of aliphatic hydroxyl groups is 2. The van der Waals surface area contributed by atoms with Gasteiger partial charge in [0.15, 0.2) is 17.0 Å². The van der Waals surface area contributed by atoms with Crippen molar-refractivity contribution in [3.63, 3.8) is 0 Å². The summed E-state index contributed by atoms with van der Waals surface area (Å²) in [5, 5.41) is 22.3. The number of hydrogen-bond donors (Lipinski definition) is 3. The topological polar surface area (TPSA) is 105 Å². The summed E-state index contributed by atoms with van der Waals surface area (Å²) in [6, 6.07) is 0. The molecule has 3 rings (SSSR count). The molecule has 3 atom stereocenters. The molecule has 0 radical (unpaired) electrons. The molecule has 1 fully saturated rings. The summed E-state index contributed by atoms with van der Waals surface area (Å²) in [5.41, 5.74) is 2.51. The lowest BCUT2D eigenvalue weighted by Crippen LogP contribution is -2.24. The number of aliphatic hydroxyl groups excluding tert-OH is 2. The first-order chi connectivity index (χ1) is 11.1. The van der Waals surface area contributed by atoms with E-state index in [2.05, 4.69) is 26.3 Å². The summed E-state index contributed by atoms with van der Waals surface area (Å²) in [6.07, 6.45) is 3.89. The third-order valence-electron chi connectivity index (χ3n) is 3.83. The highest BCUT2D eigenvalue weighted by Gasteiger charge is 2.35. The molecule has 3 heterocycles. The Morgan fingerprint density at radius 2 is 2.26 bits per heavy atom. The molecule has 0 saturated carbocycles. The Labute approximate surface area is 133 Å². The molecule has 8 heteroatoms. The van der Waals surface area contributed by atoms with Crippen molar-refractivity contribution in [2.75, 3.05) is 18.5 Å². The van der Waals surface area contributed by atoms with Gasteiger partial charge < -0.3 is 20.3 Å². The van der Waals surface area contributed by atoms with Crippen molar-refractivity contribution in [2.24, 2.45) is 0 Å². The highest BCUT2D eigenvalue weighted by Crippen LogP contribution is 2.31. The van der Waals surface area contributed by atoms with Crippen LogP contribution in [0.2, 0.25) is 0 Å². The number of aromatic nitrogens is 4. The average molecular weight is 319 g/mol. The van der Waals surface area contributed by atoms with Gasteiger partial charge in [0.05, 0.1) is 19.0 Å². The van der Waals surface area contributed by atoms with Crippen LogP contribution in [0.1, 0.15) is 26.5 Å². The molecule has 1 saturated heterocycles. The van der Waals surface area contributed by atoms with E-state index < -0.39 is 18.4 Å². The molecule has 2 aromatic rings. The van der Waals surface area contributed by atoms with Gasteiger partial charge in [0.2, 0.25) is 0 Å². The Kier molecular flexibility index (Phi) is 4.56. The van der Waals surface area contributed by atoms with Gasteiger partial charge in [-0.25, -0.2) is 15.0 Å². The molecule has 0 unspecified atom stereocenters. The standard InChI is InChI=1S/C15H21N5O3/c1-9(2)3-4-16-14-13-15(18-7-17-14)20(8-19-13)12-5-10(22)11(6-21)23-12/h3,7-8,10-12,21-22H,4-6H2,1-2H3,(H,16,17,18)/t10-,11+,12+/m0/s1. The second-order valence-corrected chi connectivity index (χ2v) is 5.82. The molecule has 1 aliphatic rings. The SMILES string of the molecule is CC(C)=CCNc1ncnc2c1ncn2[C@H]1C[C@H](O)[C@@H](CO)O1. The maximum absolute atomic E-state index is 9.88. The predicted octanol–water partition coefficient (Wildman–Crippen LogP) is 0.845. The Morgan fingerprint density at radius 1 is 1.43 bits per heavy atom. The molecular formula is C15H21N5O3. The van der Waals surface area contributed by atoms with Gasteiger partial charge in [-0.05, 0) is 13.8 Å². The summed E-state index contributed by atoms with van der Waals surface area (Å²) < 4.78 is 7.43. The zero-order valence-corrected chi connectivity index (χ0v) is 13.2. The van der Waals surface area contributed by atoms with E-state index >= 15 is 0 Å². The number of nitrogens with one attached hydrogen (secondary N) is 1. The van der Waals surface area contributed by atoms with Crippen LogP contribution in [0.4, 0.5) is 5.82 Å². The maximum Gasteiger partial charge on any atom is 0.167 e. The number of anilines is 1. The highest BCUT2D eigenvalue weighted by molar-refractivity contribution is 5.82. The molecule has 8 nitrogen and oxygen atoms in total. The van der Waals surface area contributed by atoms with Crippen LogP contribution in [-0.4, -0.2) is 55.1 Å². The van der Waals surface area contributed by atoms with Gasteiger partial charge in [-0.3, -0.25) is 4.57 Å². The van der Waals surface area contributed by atoms with Crippen molar-refractivity contribution >= 4 is 17.0 Å². The average Bonchev–Trinajstić information content (AvgIpc) is 3.10. The zero-order valence-electron chi connectivity index (χ0n) is 13.2. The molecule has 0 bridgehead atoms. The lowest BCUT2D eigenvalue weighted by molar-refractivity contribution is -0.0432. The van der Waals surface area contributed by atoms with Crippen LogP contribution in [0, 0.1) is 0 Å². The van der Waals surface area contributed by atoms with Crippen LogP contribution in [0.15, 0.2) is 24.3 Å². The number of rotatable bonds is 5. The predicted molar refractivity (Wildman–Crippen MR) is 84.9 cm³/mol. The van der Waals surface area contributed by atoms with Crippen molar-refractivity contribution in [1.29, 1.82) is 0 Å². The number of fused-ring (bicyclic) bond motifs is 1. The third-order valence-corrected chi connectivity index (χ3v) is 3.83. The lowest BCUT2D eigenvalue weighted by Gasteiger charge is -2.13. The second-order valence-electron chi connectivity index (χ2n) is 5.82. The van der Waals surface area contributed by atoms with E-state index in [4.69, 9.17) is 4.74 Å². The van der Waals surface area contributed by atoms with Crippen LogP contribution in [0.3, 0.4) is 0 Å². The number of allylic oxidation sites excluding steroid dienone is 1. The maximum atomic E-state index is 9.88. The molecular weight excluding hydrogens is 298 g/mol. The third kappa shape index (κ3) is 3.19. The molecule has 0 spiro atoms. The van der Waals surface area contributed by atoms with Crippen molar-refractivity contribution in [3.8, 4) is 0 Å². The molecule has 124 valence electrons. The van der Waals surface area contributed by atoms with Crippen LogP contribution in [0.25, 0.3) is 11.2 Å². The summed E-state index contributed by atoms with van der Waals surface area (Å²) in [7, 11) is 0. The van der Waals surface area contributed by atoms with Crippen molar-refractivity contribution in [3.05, 3.63) is 24.3 Å². The summed E-state index contributed by atoms with van der Waals surface area (Å²) in [5.74, 6) is 0.656. The van der Waals surface area contributed by atoms with E-state index in [-0.39, 0.29) is 6.61 Å². The summed E-state index contributed by atoms with van der Waals surface area (Å²) >= 11 is 0. The fourth-order valence-electron chi connectivity index (χ4n) is 2.59. The normalized spacial score (nSPS) is 24.1. The van der Waals surface area contributed by atoms with E-state index in [0.717, 1.165) is 0 Å². The van der Waals surface area contributed by atoms with Gasteiger partial charge in [0.25, 0.3) is 0 Å². The van der Waals surface area contributed by atoms with Crippen molar-refractivity contribution < 1.29 is 14.9 Å². The molecule has 23 heavy (non-hydrogen) atoms. The van der Waals surface area contributed by atoms with Gasteiger partial charge in [-0.2, -0.15) is 0 Å². The molecule has 0 aromatic carbocycles. The summed E-state index contributed by atoms with van der Waals surface area (Å²) in [4.78, 5) is 12.9. The van der Waals surface area contributed by atoms with Crippen LogP contribution >= 0.6 is 0 Å². The van der Waals surface area contributed by atoms with E-state index in [0.29, 0.717) is 29.9 Å². The van der Waals surface area contributed by atoms with Crippen LogP contribution in [0.5, 0.6) is 0 Å². The lowest BCUT2D eigenvalue weighted by atomic mass is 10.2. The first-order valence-corrected chi connectivity index (χ1v) is 7.59. The minimum atomic E-state index is -0.695.